The molecule has 0 spiro atoms. The van der Waals surface area contributed by atoms with E-state index >= 15 is 0 Å². The number of fused-ring (bicyclic) bond motifs is 1. The first-order valence-corrected chi connectivity index (χ1v) is 5.80. The second-order valence-corrected chi connectivity index (χ2v) is 4.57. The molecule has 0 aromatic heterocycles. The van der Waals surface area contributed by atoms with Crippen molar-refractivity contribution in [3.63, 3.8) is 0 Å². The summed E-state index contributed by atoms with van der Waals surface area (Å²) in [6, 6.07) is 13.5. The van der Waals surface area contributed by atoms with Crippen molar-refractivity contribution >= 4 is 16.6 Å². The van der Waals surface area contributed by atoms with Gasteiger partial charge < -0.3 is 5.11 Å². The molecular weight excluding hydrogens is 212 g/mol. The Labute approximate surface area is 101 Å². The van der Waals surface area contributed by atoms with Gasteiger partial charge in [-0.2, -0.15) is 0 Å². The maximum Gasteiger partial charge on any atom is 0.168 e. The number of hydrogen-bond acceptors (Lipinski definition) is 2. The van der Waals surface area contributed by atoms with Crippen LogP contribution in [0.4, 0.5) is 0 Å². The third kappa shape index (κ3) is 2.37. The molecule has 0 saturated carbocycles. The molecule has 1 atom stereocenters. The molecule has 2 rings (SSSR count). The van der Waals surface area contributed by atoms with E-state index in [1.165, 1.54) is 0 Å². The summed E-state index contributed by atoms with van der Waals surface area (Å²) in [6.07, 6.45) is -1.01. The molecule has 2 aromatic carbocycles. The molecule has 2 aromatic rings. The van der Waals surface area contributed by atoms with Crippen LogP contribution in [0.2, 0.25) is 0 Å². The summed E-state index contributed by atoms with van der Waals surface area (Å²) in [7, 11) is 0. The number of aliphatic hydroxyl groups excluding tert-OH is 1. The first kappa shape index (κ1) is 11.8. The van der Waals surface area contributed by atoms with Gasteiger partial charge in [0.05, 0.1) is 0 Å². The Balaban J connectivity index is 2.39. The first-order valence-electron chi connectivity index (χ1n) is 5.80. The number of aliphatic hydroxyl groups is 1. The van der Waals surface area contributed by atoms with Crippen LogP contribution in [0, 0.1) is 5.92 Å². The van der Waals surface area contributed by atoms with Gasteiger partial charge in [0.2, 0.25) is 0 Å². The maximum atomic E-state index is 11.7. The minimum atomic E-state index is -1.01. The van der Waals surface area contributed by atoms with Crippen molar-refractivity contribution in [1.82, 2.24) is 0 Å². The Morgan fingerprint density at radius 3 is 2.35 bits per heavy atom. The lowest BCUT2D eigenvalue weighted by Gasteiger charge is -2.13. The van der Waals surface area contributed by atoms with Crippen LogP contribution in [-0.4, -0.2) is 10.9 Å². The monoisotopic (exact) mass is 228 g/mol. The number of hydrogen-bond donors (Lipinski definition) is 1. The van der Waals surface area contributed by atoms with Crippen LogP contribution in [0.15, 0.2) is 42.5 Å². The van der Waals surface area contributed by atoms with Crippen molar-refractivity contribution in [1.29, 1.82) is 0 Å². The largest absolute Gasteiger partial charge is 0.381 e. The topological polar surface area (TPSA) is 37.3 Å². The molecule has 2 heteroatoms. The third-order valence-corrected chi connectivity index (χ3v) is 2.93. The summed E-state index contributed by atoms with van der Waals surface area (Å²) < 4.78 is 0. The van der Waals surface area contributed by atoms with Crippen LogP contribution < -0.4 is 0 Å². The van der Waals surface area contributed by atoms with E-state index in [9.17, 15) is 9.90 Å². The number of Topliss-reactive ketones (excluding diaryl/α,β-unsaturated/α-hetero) is 1. The molecule has 88 valence electrons. The highest BCUT2D eigenvalue weighted by molar-refractivity contribution is 5.88. The van der Waals surface area contributed by atoms with Crippen LogP contribution in [0.5, 0.6) is 0 Å². The maximum absolute atomic E-state index is 11.7. The normalized spacial score (nSPS) is 12.9. The first-order chi connectivity index (χ1) is 8.09. The van der Waals surface area contributed by atoms with Gasteiger partial charge in [-0.15, -0.1) is 0 Å². The van der Waals surface area contributed by atoms with Gasteiger partial charge >= 0.3 is 0 Å². The van der Waals surface area contributed by atoms with Crippen molar-refractivity contribution < 1.29 is 9.90 Å². The molecule has 1 unspecified atom stereocenters. The van der Waals surface area contributed by atoms with Crippen LogP contribution in [0.25, 0.3) is 10.8 Å². The number of ketones is 1. The number of rotatable bonds is 3. The molecule has 2 nitrogen and oxygen atoms in total. The molecule has 1 N–H and O–H groups in total. The predicted molar refractivity (Wildman–Crippen MR) is 68.8 cm³/mol. The fourth-order valence-electron chi connectivity index (χ4n) is 1.86. The zero-order chi connectivity index (χ0) is 12.4. The van der Waals surface area contributed by atoms with Gasteiger partial charge in [-0.25, -0.2) is 0 Å². The van der Waals surface area contributed by atoms with E-state index in [2.05, 4.69) is 0 Å². The van der Waals surface area contributed by atoms with Crippen molar-refractivity contribution in [2.24, 2.45) is 5.92 Å². The fourth-order valence-corrected chi connectivity index (χ4v) is 1.86. The van der Waals surface area contributed by atoms with E-state index in [1.807, 2.05) is 42.5 Å². The molecule has 0 bridgehead atoms. The van der Waals surface area contributed by atoms with Crippen LogP contribution in [0.3, 0.4) is 0 Å². The molecule has 0 fully saturated rings. The second kappa shape index (κ2) is 4.68. The van der Waals surface area contributed by atoms with Crippen LogP contribution in [0.1, 0.15) is 25.5 Å². The second-order valence-electron chi connectivity index (χ2n) is 4.57. The van der Waals surface area contributed by atoms with E-state index in [0.29, 0.717) is 5.56 Å². The lowest BCUT2D eigenvalue weighted by molar-refractivity contribution is -0.130. The Morgan fingerprint density at radius 2 is 1.71 bits per heavy atom. The molecule has 0 aliphatic heterocycles. The van der Waals surface area contributed by atoms with Crippen molar-refractivity contribution in [3.05, 3.63) is 48.0 Å². The van der Waals surface area contributed by atoms with E-state index in [1.54, 1.807) is 13.8 Å². The van der Waals surface area contributed by atoms with Crippen molar-refractivity contribution in [2.45, 2.75) is 20.0 Å². The van der Waals surface area contributed by atoms with Gasteiger partial charge in [0.1, 0.15) is 6.10 Å². The van der Waals surface area contributed by atoms with Gasteiger partial charge in [-0.3, -0.25) is 4.79 Å². The van der Waals surface area contributed by atoms with Gasteiger partial charge in [-0.05, 0) is 22.4 Å². The summed E-state index contributed by atoms with van der Waals surface area (Å²) in [5.74, 6) is -0.295. The smallest absolute Gasteiger partial charge is 0.168 e. The van der Waals surface area contributed by atoms with Gasteiger partial charge in [0, 0.05) is 5.92 Å². The quantitative estimate of drug-likeness (QED) is 0.876. The van der Waals surface area contributed by atoms with E-state index in [0.717, 1.165) is 10.8 Å². The molecule has 0 aliphatic carbocycles. The number of carbonyl (C=O) groups excluding carboxylic acids is 1. The lowest BCUT2D eigenvalue weighted by atomic mass is 9.96. The SMILES string of the molecule is CC(C)C(=O)C(O)c1ccc2ccccc2c1. The minimum Gasteiger partial charge on any atom is -0.381 e. The molecule has 0 aliphatic rings. The molecular formula is C15H16O2. The summed E-state index contributed by atoms with van der Waals surface area (Å²) in [6.45, 7) is 3.60. The van der Waals surface area contributed by atoms with Crippen molar-refractivity contribution in [3.8, 4) is 0 Å². The zero-order valence-electron chi connectivity index (χ0n) is 10.1. The Bertz CT molecular complexity index is 543. The molecule has 17 heavy (non-hydrogen) atoms. The van der Waals surface area contributed by atoms with Crippen LogP contribution >= 0.6 is 0 Å². The number of carbonyl (C=O) groups is 1. The Morgan fingerprint density at radius 1 is 1.06 bits per heavy atom. The van der Waals surface area contributed by atoms with E-state index < -0.39 is 6.10 Å². The van der Waals surface area contributed by atoms with Gasteiger partial charge in [0.25, 0.3) is 0 Å². The summed E-state index contributed by atoms with van der Waals surface area (Å²) in [5.41, 5.74) is 0.669. The summed E-state index contributed by atoms with van der Waals surface area (Å²) >= 11 is 0. The third-order valence-electron chi connectivity index (χ3n) is 2.93. The lowest BCUT2D eigenvalue weighted by Crippen LogP contribution is -2.17. The predicted octanol–water partition coefficient (Wildman–Crippen LogP) is 3.10. The summed E-state index contributed by atoms with van der Waals surface area (Å²) in [4.78, 5) is 11.7. The average Bonchev–Trinajstić information content (AvgIpc) is 2.36. The highest BCUT2D eigenvalue weighted by atomic mass is 16.3. The average molecular weight is 228 g/mol. The molecule has 0 amide bonds. The van der Waals surface area contributed by atoms with Crippen LogP contribution in [-0.2, 0) is 4.79 Å². The Hall–Kier alpha value is -1.67. The zero-order valence-corrected chi connectivity index (χ0v) is 10.1. The number of benzene rings is 2. The van der Waals surface area contributed by atoms with Gasteiger partial charge in [0.15, 0.2) is 5.78 Å². The summed E-state index contributed by atoms with van der Waals surface area (Å²) in [5, 5.41) is 12.1. The highest BCUT2D eigenvalue weighted by Crippen LogP contribution is 2.22. The molecule has 0 radical (unpaired) electrons. The fraction of sp³-hybridized carbons (Fsp3) is 0.267. The Kier molecular flexibility index (Phi) is 3.25. The van der Waals surface area contributed by atoms with E-state index in [-0.39, 0.29) is 11.7 Å². The van der Waals surface area contributed by atoms with Crippen molar-refractivity contribution in [2.75, 3.05) is 0 Å². The molecule has 0 heterocycles. The van der Waals surface area contributed by atoms with E-state index in [4.69, 9.17) is 0 Å². The minimum absolute atomic E-state index is 0.139. The standard InChI is InChI=1S/C15H16O2/c1-10(2)14(16)15(17)13-8-7-11-5-3-4-6-12(11)9-13/h3-10,15,17H,1-2H3. The highest BCUT2D eigenvalue weighted by Gasteiger charge is 2.20. The van der Waals surface area contributed by atoms with Gasteiger partial charge in [-0.1, -0.05) is 50.2 Å². The molecule has 0 saturated heterocycles.